The van der Waals surface area contributed by atoms with Gasteiger partial charge in [0.25, 0.3) is 5.91 Å². The molecule has 0 radical (unpaired) electrons. The summed E-state index contributed by atoms with van der Waals surface area (Å²) >= 11 is 1.29. The topological polar surface area (TPSA) is 84.7 Å². The molecule has 7 nitrogen and oxygen atoms in total. The van der Waals surface area contributed by atoms with E-state index in [2.05, 4.69) is 10.3 Å². The molecule has 0 unspecified atom stereocenters. The Bertz CT molecular complexity index is 1560. The number of piperidine rings is 1. The van der Waals surface area contributed by atoms with Crippen molar-refractivity contribution >= 4 is 34.3 Å². The van der Waals surface area contributed by atoms with Gasteiger partial charge in [-0.3, -0.25) is 4.79 Å². The van der Waals surface area contributed by atoms with Gasteiger partial charge in [-0.05, 0) is 68.0 Å². The predicted octanol–water partition coefficient (Wildman–Crippen LogP) is 7.24. The molecule has 0 spiro atoms. The van der Waals surface area contributed by atoms with E-state index in [1.165, 1.54) is 23.7 Å². The monoisotopic (exact) mass is 569 g/mol. The number of fused-ring (bicyclic) bond motifs is 1. The van der Waals surface area contributed by atoms with Crippen molar-refractivity contribution in [2.75, 3.05) is 13.1 Å². The lowest BCUT2D eigenvalue weighted by Gasteiger charge is -2.35. The van der Waals surface area contributed by atoms with Crippen LogP contribution >= 0.6 is 11.3 Å². The first-order valence-electron chi connectivity index (χ1n) is 13.2. The average molecular weight is 570 g/mol. The third kappa shape index (κ3) is 5.42. The van der Waals surface area contributed by atoms with Crippen LogP contribution in [0.5, 0.6) is 5.75 Å². The number of ether oxygens (including phenoxy) is 1. The number of thiazole rings is 1. The molecule has 6 rings (SSSR count). The molecule has 11 heteroatoms. The molecule has 1 aliphatic heterocycles. The third-order valence-electron chi connectivity index (χ3n) is 7.25. The maximum absolute atomic E-state index is 13.9. The van der Waals surface area contributed by atoms with Crippen LogP contribution in [-0.2, 0) is 6.18 Å². The first-order chi connectivity index (χ1) is 19.3. The highest BCUT2D eigenvalue weighted by atomic mass is 32.1. The molecule has 1 atom stereocenters. The second-order valence-electron chi connectivity index (χ2n) is 10.1. The molecule has 1 saturated carbocycles. The number of benzene rings is 2. The molecule has 1 N–H and O–H groups in total. The smallest absolute Gasteiger partial charge is 0.416 e. The number of carbonyl (C=O) groups excluding carboxylic acids is 2. The second-order valence-corrected chi connectivity index (χ2v) is 11.1. The largest absolute Gasteiger partial charge is 0.464 e. The van der Waals surface area contributed by atoms with Crippen molar-refractivity contribution in [3.63, 3.8) is 0 Å². The zero-order valence-electron chi connectivity index (χ0n) is 21.4. The summed E-state index contributed by atoms with van der Waals surface area (Å²) in [5.74, 6) is 0.268. The van der Waals surface area contributed by atoms with E-state index in [1.54, 1.807) is 35.2 Å². The Morgan fingerprint density at radius 2 is 1.93 bits per heavy atom. The van der Waals surface area contributed by atoms with Gasteiger partial charge in [0, 0.05) is 25.0 Å². The fourth-order valence-electron chi connectivity index (χ4n) is 5.03. The SMILES string of the molecule is O=C(NC[C@@H]1CCCCN1C(=O)c1nc(C2CC2)sc1-c1cccc(C(F)(F)F)c1)Oc1cccc2occc12. The minimum atomic E-state index is -4.49. The van der Waals surface area contributed by atoms with Crippen LogP contribution < -0.4 is 10.1 Å². The first kappa shape index (κ1) is 26.4. The summed E-state index contributed by atoms with van der Waals surface area (Å²) < 4.78 is 51.2. The molecule has 1 aliphatic carbocycles. The molecular weight excluding hydrogens is 543 g/mol. The minimum absolute atomic E-state index is 0.171. The quantitative estimate of drug-likeness (QED) is 0.265. The van der Waals surface area contributed by atoms with E-state index in [1.807, 2.05) is 0 Å². The summed E-state index contributed by atoms with van der Waals surface area (Å²) in [6.07, 6.45) is 0.607. The van der Waals surface area contributed by atoms with Crippen LogP contribution in [0.25, 0.3) is 21.4 Å². The number of likely N-dealkylation sites (tertiary alicyclic amines) is 1. The maximum Gasteiger partial charge on any atom is 0.416 e. The summed E-state index contributed by atoms with van der Waals surface area (Å²) in [6.45, 7) is 0.636. The van der Waals surface area contributed by atoms with Crippen LogP contribution in [-0.4, -0.2) is 41.0 Å². The lowest BCUT2D eigenvalue weighted by molar-refractivity contribution is -0.137. The van der Waals surface area contributed by atoms with E-state index in [0.29, 0.717) is 40.1 Å². The molecule has 2 aliphatic rings. The fraction of sp³-hybridized carbons (Fsp3) is 0.345. The lowest BCUT2D eigenvalue weighted by Crippen LogP contribution is -2.50. The van der Waals surface area contributed by atoms with E-state index in [-0.39, 0.29) is 30.1 Å². The Hall–Kier alpha value is -3.86. The molecule has 3 heterocycles. The number of halogens is 3. The molecule has 0 bridgehead atoms. The zero-order valence-corrected chi connectivity index (χ0v) is 22.2. The molecular formula is C29H26F3N3O4S. The normalized spacial score (nSPS) is 17.7. The van der Waals surface area contributed by atoms with Gasteiger partial charge in [-0.15, -0.1) is 11.3 Å². The summed E-state index contributed by atoms with van der Waals surface area (Å²) in [5.41, 5.74) is 0.327. The standard InChI is InChI=1S/C29H26F3N3O4S/c30-29(31,32)19-6-3-5-18(15-19)25-24(34-26(40-25)17-10-11-17)27(36)35-13-2-1-7-20(35)16-33-28(37)39-23-9-4-8-22-21(23)12-14-38-22/h3-6,8-9,12,14-15,17,20H,1-2,7,10-11,13,16H2,(H,33,37)/t20-/m0/s1. The van der Waals surface area contributed by atoms with Gasteiger partial charge >= 0.3 is 12.3 Å². The number of furan rings is 1. The van der Waals surface area contributed by atoms with Crippen LogP contribution in [0, 0.1) is 0 Å². The van der Waals surface area contributed by atoms with Crippen LogP contribution in [0.4, 0.5) is 18.0 Å². The predicted molar refractivity (Wildman–Crippen MR) is 143 cm³/mol. The molecule has 2 aromatic carbocycles. The van der Waals surface area contributed by atoms with Gasteiger partial charge < -0.3 is 19.4 Å². The highest BCUT2D eigenvalue weighted by Crippen LogP contribution is 2.46. The average Bonchev–Trinajstić information content (AvgIpc) is 3.50. The van der Waals surface area contributed by atoms with Crippen LogP contribution in [0.1, 0.15) is 59.1 Å². The molecule has 40 heavy (non-hydrogen) atoms. The molecule has 1 saturated heterocycles. The molecule has 2 aromatic heterocycles. The highest BCUT2D eigenvalue weighted by Gasteiger charge is 2.36. The number of amides is 2. The van der Waals surface area contributed by atoms with Crippen molar-refractivity contribution in [1.29, 1.82) is 0 Å². The molecule has 2 fully saturated rings. The number of nitrogens with one attached hydrogen (secondary N) is 1. The van der Waals surface area contributed by atoms with Gasteiger partial charge in [-0.2, -0.15) is 13.2 Å². The van der Waals surface area contributed by atoms with Crippen molar-refractivity contribution in [2.45, 2.75) is 50.2 Å². The number of aromatic nitrogens is 1. The van der Waals surface area contributed by atoms with Gasteiger partial charge in [0.15, 0.2) is 0 Å². The lowest BCUT2D eigenvalue weighted by atomic mass is 10.0. The molecule has 2 amide bonds. The second kappa shape index (κ2) is 10.6. The van der Waals surface area contributed by atoms with Crippen molar-refractivity contribution in [1.82, 2.24) is 15.2 Å². The Morgan fingerprint density at radius 1 is 1.10 bits per heavy atom. The van der Waals surface area contributed by atoms with Crippen molar-refractivity contribution < 1.29 is 31.9 Å². The van der Waals surface area contributed by atoms with Gasteiger partial charge in [-0.25, -0.2) is 9.78 Å². The van der Waals surface area contributed by atoms with Gasteiger partial charge in [0.1, 0.15) is 17.0 Å². The van der Waals surface area contributed by atoms with Crippen molar-refractivity contribution in [3.05, 3.63) is 71.1 Å². The summed E-state index contributed by atoms with van der Waals surface area (Å²) in [5, 5.41) is 4.22. The molecule has 4 aromatic rings. The number of hydrogen-bond acceptors (Lipinski definition) is 6. The Morgan fingerprint density at radius 3 is 2.73 bits per heavy atom. The van der Waals surface area contributed by atoms with Crippen LogP contribution in [0.15, 0.2) is 59.2 Å². The number of hydrogen-bond donors (Lipinski definition) is 1. The Labute approximate surface area is 231 Å². The van der Waals surface area contributed by atoms with E-state index >= 15 is 0 Å². The van der Waals surface area contributed by atoms with Crippen LogP contribution in [0.2, 0.25) is 0 Å². The van der Waals surface area contributed by atoms with E-state index in [9.17, 15) is 22.8 Å². The van der Waals surface area contributed by atoms with E-state index in [4.69, 9.17) is 9.15 Å². The van der Waals surface area contributed by atoms with Gasteiger partial charge in [-0.1, -0.05) is 18.2 Å². The number of alkyl halides is 3. The number of nitrogens with zero attached hydrogens (tertiary/aromatic N) is 2. The minimum Gasteiger partial charge on any atom is -0.464 e. The van der Waals surface area contributed by atoms with E-state index < -0.39 is 17.8 Å². The van der Waals surface area contributed by atoms with Gasteiger partial charge in [0.2, 0.25) is 0 Å². The first-order valence-corrected chi connectivity index (χ1v) is 14.0. The van der Waals surface area contributed by atoms with Crippen molar-refractivity contribution in [2.24, 2.45) is 0 Å². The maximum atomic E-state index is 13.9. The van der Waals surface area contributed by atoms with Crippen LogP contribution in [0.3, 0.4) is 0 Å². The molecule has 208 valence electrons. The van der Waals surface area contributed by atoms with E-state index in [0.717, 1.165) is 42.8 Å². The number of carbonyl (C=O) groups is 2. The summed E-state index contributed by atoms with van der Waals surface area (Å²) in [4.78, 5) is 33.3. The van der Waals surface area contributed by atoms with Crippen molar-refractivity contribution in [3.8, 4) is 16.2 Å². The Balaban J connectivity index is 1.21. The van der Waals surface area contributed by atoms with Gasteiger partial charge in [0.05, 0.1) is 27.1 Å². The highest BCUT2D eigenvalue weighted by molar-refractivity contribution is 7.15. The summed E-state index contributed by atoms with van der Waals surface area (Å²) in [7, 11) is 0. The number of rotatable bonds is 6. The summed E-state index contributed by atoms with van der Waals surface area (Å²) in [6, 6.07) is 11.6. The Kier molecular flexibility index (Phi) is 6.99. The third-order valence-corrected chi connectivity index (χ3v) is 8.52. The fourth-order valence-corrected chi connectivity index (χ4v) is 6.25. The zero-order chi connectivity index (χ0) is 27.9.